The lowest BCUT2D eigenvalue weighted by Gasteiger charge is -2.12. The lowest BCUT2D eigenvalue weighted by atomic mass is 9.41. The van der Waals surface area contributed by atoms with E-state index in [2.05, 4.69) is 26.1 Å². The lowest BCUT2D eigenvalue weighted by Crippen LogP contribution is -2.18. The molecule has 15 heavy (non-hydrogen) atoms. The summed E-state index contributed by atoms with van der Waals surface area (Å²) < 4.78 is 0. The zero-order chi connectivity index (χ0) is 11.4. The van der Waals surface area contributed by atoms with E-state index in [1.165, 1.54) is 57.6 Å². The third-order valence-corrected chi connectivity index (χ3v) is 3.15. The van der Waals surface area contributed by atoms with Crippen LogP contribution in [0.4, 0.5) is 0 Å². The van der Waals surface area contributed by atoms with Crippen molar-refractivity contribution in [2.24, 2.45) is 0 Å². The topological polar surface area (TPSA) is 12.0 Å². The molecule has 0 aromatic rings. The first-order valence-electron chi connectivity index (χ1n) is 7.05. The van der Waals surface area contributed by atoms with Gasteiger partial charge in [-0.25, -0.2) is 0 Å². The summed E-state index contributed by atoms with van der Waals surface area (Å²) in [5, 5.41) is 3.42. The van der Waals surface area contributed by atoms with Gasteiger partial charge < -0.3 is 5.32 Å². The van der Waals surface area contributed by atoms with Crippen LogP contribution in [0.25, 0.3) is 0 Å². The molecule has 0 bridgehead atoms. The van der Waals surface area contributed by atoms with Crippen LogP contribution in [-0.2, 0) is 0 Å². The van der Waals surface area contributed by atoms with E-state index in [-0.39, 0.29) is 0 Å². The van der Waals surface area contributed by atoms with Crippen molar-refractivity contribution in [2.45, 2.75) is 71.8 Å². The molecule has 0 unspecified atom stereocenters. The minimum Gasteiger partial charge on any atom is -0.317 e. The van der Waals surface area contributed by atoms with Gasteiger partial charge in [-0.05, 0) is 19.5 Å². The molecule has 0 amide bonds. The Balaban J connectivity index is 3.49. The molecule has 0 atom stereocenters. The molecule has 0 aromatic heterocycles. The van der Waals surface area contributed by atoms with Crippen LogP contribution in [0.3, 0.4) is 0 Å². The van der Waals surface area contributed by atoms with E-state index < -0.39 is 0 Å². The van der Waals surface area contributed by atoms with Gasteiger partial charge in [-0.1, -0.05) is 65.4 Å². The molecule has 0 fully saturated rings. The molecule has 2 heteroatoms. The minimum atomic E-state index is 1.00. The molecule has 0 aromatic carbocycles. The highest BCUT2D eigenvalue weighted by molar-refractivity contribution is 6.58. The number of hydrogen-bond acceptors (Lipinski definition) is 1. The summed E-state index contributed by atoms with van der Waals surface area (Å²) in [4.78, 5) is 0. The monoisotopic (exact) mass is 211 g/mol. The molecular formula is C13H30BN. The lowest BCUT2D eigenvalue weighted by molar-refractivity contribution is 0.696. The standard InChI is InChI=1S/C13H30BN/c1-4-7-10-14(11-8-5-2)12-9-13-15-6-3/h15H,4-13H2,1-3H3. The highest BCUT2D eigenvalue weighted by Gasteiger charge is 2.11. The van der Waals surface area contributed by atoms with Crippen molar-refractivity contribution in [1.29, 1.82) is 0 Å². The fourth-order valence-electron chi connectivity index (χ4n) is 2.11. The van der Waals surface area contributed by atoms with E-state index in [4.69, 9.17) is 0 Å². The van der Waals surface area contributed by atoms with Crippen LogP contribution >= 0.6 is 0 Å². The Kier molecular flexibility index (Phi) is 12.1. The van der Waals surface area contributed by atoms with Crippen LogP contribution < -0.4 is 5.32 Å². The van der Waals surface area contributed by atoms with Gasteiger partial charge in [0.2, 0.25) is 0 Å². The molecule has 0 rings (SSSR count). The molecule has 1 N–H and O–H groups in total. The summed E-state index contributed by atoms with van der Waals surface area (Å²) in [5.41, 5.74) is 0. The first-order chi connectivity index (χ1) is 7.35. The van der Waals surface area contributed by atoms with E-state index >= 15 is 0 Å². The second kappa shape index (κ2) is 12.1. The average molecular weight is 211 g/mol. The van der Waals surface area contributed by atoms with Crippen LogP contribution in [0.1, 0.15) is 52.9 Å². The fourth-order valence-corrected chi connectivity index (χ4v) is 2.11. The van der Waals surface area contributed by atoms with Crippen molar-refractivity contribution in [3.05, 3.63) is 0 Å². The Labute approximate surface area is 97.5 Å². The van der Waals surface area contributed by atoms with E-state index in [9.17, 15) is 0 Å². The predicted molar refractivity (Wildman–Crippen MR) is 73.2 cm³/mol. The summed E-state index contributed by atoms with van der Waals surface area (Å²) in [6.45, 7) is 10.1. The van der Waals surface area contributed by atoms with Crippen molar-refractivity contribution < 1.29 is 0 Å². The zero-order valence-electron chi connectivity index (χ0n) is 11.1. The summed E-state index contributed by atoms with van der Waals surface area (Å²) in [5.74, 6) is 0. The first-order valence-corrected chi connectivity index (χ1v) is 7.05. The molecule has 0 aliphatic heterocycles. The number of rotatable bonds is 11. The molecular weight excluding hydrogens is 181 g/mol. The highest BCUT2D eigenvalue weighted by Crippen LogP contribution is 2.15. The number of unbranched alkanes of at least 4 members (excludes halogenated alkanes) is 2. The maximum Gasteiger partial charge on any atom is 0.139 e. The molecule has 0 saturated carbocycles. The Morgan fingerprint density at radius 1 is 0.800 bits per heavy atom. The largest absolute Gasteiger partial charge is 0.317 e. The Hall–Kier alpha value is 0.0249. The van der Waals surface area contributed by atoms with Crippen LogP contribution in [0, 0.1) is 0 Å². The average Bonchev–Trinajstić information content (AvgIpc) is 2.27. The van der Waals surface area contributed by atoms with Gasteiger partial charge in [0, 0.05) is 0 Å². The molecule has 0 heterocycles. The van der Waals surface area contributed by atoms with Gasteiger partial charge in [0.1, 0.15) is 6.71 Å². The summed E-state index contributed by atoms with van der Waals surface area (Å²) in [6, 6.07) is 0. The van der Waals surface area contributed by atoms with Gasteiger partial charge in [0.05, 0.1) is 0 Å². The van der Waals surface area contributed by atoms with E-state index in [1.807, 2.05) is 0 Å². The van der Waals surface area contributed by atoms with E-state index in [0.29, 0.717) is 0 Å². The Morgan fingerprint density at radius 2 is 1.33 bits per heavy atom. The van der Waals surface area contributed by atoms with Gasteiger partial charge in [-0.2, -0.15) is 0 Å². The molecule has 90 valence electrons. The molecule has 0 aliphatic rings. The van der Waals surface area contributed by atoms with Gasteiger partial charge in [0.15, 0.2) is 0 Å². The normalized spacial score (nSPS) is 10.6. The quantitative estimate of drug-likeness (QED) is 0.401. The Bertz CT molecular complexity index is 109. The third-order valence-electron chi connectivity index (χ3n) is 3.15. The minimum absolute atomic E-state index is 1.00. The zero-order valence-corrected chi connectivity index (χ0v) is 11.1. The second-order valence-corrected chi connectivity index (χ2v) is 4.65. The van der Waals surface area contributed by atoms with Crippen molar-refractivity contribution in [1.82, 2.24) is 5.32 Å². The van der Waals surface area contributed by atoms with Gasteiger partial charge in [0.25, 0.3) is 0 Å². The molecule has 1 nitrogen and oxygen atoms in total. The van der Waals surface area contributed by atoms with Gasteiger partial charge >= 0.3 is 0 Å². The highest BCUT2D eigenvalue weighted by atomic mass is 14.8. The smallest absolute Gasteiger partial charge is 0.139 e. The van der Waals surface area contributed by atoms with Crippen LogP contribution in [-0.4, -0.2) is 19.8 Å². The summed E-state index contributed by atoms with van der Waals surface area (Å²) >= 11 is 0. The third kappa shape index (κ3) is 10.3. The van der Waals surface area contributed by atoms with Gasteiger partial charge in [-0.15, -0.1) is 0 Å². The van der Waals surface area contributed by atoms with Gasteiger partial charge in [-0.3, -0.25) is 0 Å². The van der Waals surface area contributed by atoms with Crippen molar-refractivity contribution in [2.75, 3.05) is 13.1 Å². The maximum atomic E-state index is 3.42. The molecule has 0 aliphatic carbocycles. The van der Waals surface area contributed by atoms with Crippen molar-refractivity contribution in [3.63, 3.8) is 0 Å². The van der Waals surface area contributed by atoms with Crippen molar-refractivity contribution in [3.8, 4) is 0 Å². The Morgan fingerprint density at radius 3 is 1.80 bits per heavy atom. The van der Waals surface area contributed by atoms with Crippen LogP contribution in [0.2, 0.25) is 19.0 Å². The molecule has 0 radical (unpaired) electrons. The van der Waals surface area contributed by atoms with Crippen LogP contribution in [0.5, 0.6) is 0 Å². The number of nitrogens with one attached hydrogen (secondary N) is 1. The van der Waals surface area contributed by atoms with Crippen LogP contribution in [0.15, 0.2) is 0 Å². The molecule has 0 saturated heterocycles. The predicted octanol–water partition coefficient (Wildman–Crippen LogP) is 4.08. The van der Waals surface area contributed by atoms with E-state index in [0.717, 1.165) is 13.3 Å². The van der Waals surface area contributed by atoms with E-state index in [1.54, 1.807) is 0 Å². The SMILES string of the molecule is CCCCB(CCCC)CCCNCC. The van der Waals surface area contributed by atoms with Crippen molar-refractivity contribution >= 4 is 6.71 Å². The summed E-state index contributed by atoms with van der Waals surface area (Å²) in [7, 11) is 0. The summed E-state index contributed by atoms with van der Waals surface area (Å²) in [6.07, 6.45) is 11.3. The maximum absolute atomic E-state index is 3.42. The number of hydrogen-bond donors (Lipinski definition) is 1. The second-order valence-electron chi connectivity index (χ2n) is 4.65. The first kappa shape index (κ1) is 15.0. The molecule has 0 spiro atoms. The fraction of sp³-hybridized carbons (Fsp3) is 1.00.